The highest BCUT2D eigenvalue weighted by molar-refractivity contribution is 7.12. The van der Waals surface area contributed by atoms with Gasteiger partial charge in [-0.25, -0.2) is 4.79 Å². The number of carboxylic acids is 1. The summed E-state index contributed by atoms with van der Waals surface area (Å²) in [7, 11) is 0. The molecule has 1 aliphatic rings. The molecule has 2 heterocycles. The highest BCUT2D eigenvalue weighted by Crippen LogP contribution is 2.20. The molecule has 1 saturated heterocycles. The first-order chi connectivity index (χ1) is 10.0. The average Bonchev–Trinajstić information content (AvgIpc) is 2.86. The summed E-state index contributed by atoms with van der Waals surface area (Å²) in [5.74, 6) is -0.163. The monoisotopic (exact) mass is 308 g/mol. The minimum atomic E-state index is -0.897. The molecular weight excluding hydrogens is 284 g/mol. The Morgan fingerprint density at radius 3 is 2.57 bits per heavy atom. The van der Waals surface area contributed by atoms with E-state index in [4.69, 9.17) is 5.11 Å². The lowest BCUT2D eigenvalue weighted by Gasteiger charge is -2.35. The Morgan fingerprint density at radius 2 is 1.95 bits per heavy atom. The number of aliphatic carboxylic acids is 1. The van der Waals surface area contributed by atoms with Crippen LogP contribution in [0.2, 0.25) is 0 Å². The molecule has 1 fully saturated rings. The highest BCUT2D eigenvalue weighted by atomic mass is 32.1. The van der Waals surface area contributed by atoms with Gasteiger partial charge in [0.2, 0.25) is 0 Å². The molecule has 0 unspecified atom stereocenters. The number of thiophene rings is 1. The Balaban J connectivity index is 1.80. The first-order valence-electron chi connectivity index (χ1n) is 7.47. The van der Waals surface area contributed by atoms with Gasteiger partial charge >= 0.3 is 5.97 Å². The van der Waals surface area contributed by atoms with Crippen LogP contribution in [0.4, 0.5) is 0 Å². The molecule has 0 aromatic carbocycles. The molecule has 5 heteroatoms. The highest BCUT2D eigenvalue weighted by Gasteiger charge is 2.17. The number of hydrogen-bond donors (Lipinski definition) is 1. The summed E-state index contributed by atoms with van der Waals surface area (Å²) in [5.41, 5.74) is 0. The normalized spacial score (nSPS) is 17.9. The second kappa shape index (κ2) is 7.73. The van der Waals surface area contributed by atoms with E-state index < -0.39 is 5.97 Å². The van der Waals surface area contributed by atoms with Gasteiger partial charge in [0.15, 0.2) is 0 Å². The SMILES string of the molecule is CC(C)CN1CCN(Cc2ccc(C=CC(=O)O)s2)CC1. The average molecular weight is 308 g/mol. The summed E-state index contributed by atoms with van der Waals surface area (Å²) in [6.07, 6.45) is 2.86. The van der Waals surface area contributed by atoms with Crippen LogP contribution in [0, 0.1) is 5.92 Å². The van der Waals surface area contributed by atoms with E-state index in [9.17, 15) is 4.79 Å². The first-order valence-corrected chi connectivity index (χ1v) is 8.29. The Labute approximate surface area is 130 Å². The fraction of sp³-hybridized carbons (Fsp3) is 0.562. The van der Waals surface area contributed by atoms with Gasteiger partial charge in [-0.2, -0.15) is 0 Å². The summed E-state index contributed by atoms with van der Waals surface area (Å²) < 4.78 is 0. The van der Waals surface area contributed by atoms with Crippen LogP contribution in [-0.4, -0.2) is 53.6 Å². The lowest BCUT2D eigenvalue weighted by Crippen LogP contribution is -2.46. The van der Waals surface area contributed by atoms with Crippen molar-refractivity contribution in [2.45, 2.75) is 20.4 Å². The molecule has 21 heavy (non-hydrogen) atoms. The topological polar surface area (TPSA) is 43.8 Å². The van der Waals surface area contributed by atoms with Crippen LogP contribution in [0.3, 0.4) is 0 Å². The molecule has 1 aliphatic heterocycles. The van der Waals surface area contributed by atoms with E-state index in [-0.39, 0.29) is 0 Å². The van der Waals surface area contributed by atoms with Gasteiger partial charge in [0.1, 0.15) is 0 Å². The van der Waals surface area contributed by atoms with Crippen molar-refractivity contribution in [2.24, 2.45) is 5.92 Å². The van der Waals surface area contributed by atoms with Crippen LogP contribution >= 0.6 is 11.3 Å². The van der Waals surface area contributed by atoms with Crippen molar-refractivity contribution in [3.63, 3.8) is 0 Å². The third kappa shape index (κ3) is 5.61. The maximum atomic E-state index is 10.5. The number of carboxylic acid groups (broad SMARTS) is 1. The maximum Gasteiger partial charge on any atom is 0.328 e. The van der Waals surface area contributed by atoms with E-state index >= 15 is 0 Å². The van der Waals surface area contributed by atoms with E-state index in [1.807, 2.05) is 6.07 Å². The second-order valence-corrected chi connectivity index (χ2v) is 7.15. The smallest absolute Gasteiger partial charge is 0.328 e. The molecule has 0 saturated carbocycles. The zero-order valence-corrected chi connectivity index (χ0v) is 13.6. The van der Waals surface area contributed by atoms with Crippen molar-refractivity contribution in [3.05, 3.63) is 28.0 Å². The Morgan fingerprint density at radius 1 is 1.29 bits per heavy atom. The van der Waals surface area contributed by atoms with Crippen LogP contribution in [0.25, 0.3) is 6.08 Å². The number of hydrogen-bond acceptors (Lipinski definition) is 4. The largest absolute Gasteiger partial charge is 0.478 e. The quantitative estimate of drug-likeness (QED) is 0.821. The summed E-state index contributed by atoms with van der Waals surface area (Å²) in [5, 5.41) is 8.63. The number of carbonyl (C=O) groups is 1. The van der Waals surface area contributed by atoms with E-state index in [0.717, 1.165) is 43.5 Å². The predicted octanol–water partition coefficient (Wildman–Crippen LogP) is 2.62. The Kier molecular flexibility index (Phi) is 5.96. The van der Waals surface area contributed by atoms with Gasteiger partial charge in [0.05, 0.1) is 0 Å². The predicted molar refractivity (Wildman–Crippen MR) is 87.5 cm³/mol. The summed E-state index contributed by atoms with van der Waals surface area (Å²) in [4.78, 5) is 17.8. The van der Waals surface area contributed by atoms with Gasteiger partial charge in [0.25, 0.3) is 0 Å². The molecule has 0 atom stereocenters. The minimum absolute atomic E-state index is 0.734. The molecular formula is C16H24N2O2S. The third-order valence-electron chi connectivity index (χ3n) is 3.54. The van der Waals surface area contributed by atoms with Crippen molar-refractivity contribution in [3.8, 4) is 0 Å². The fourth-order valence-electron chi connectivity index (χ4n) is 2.59. The van der Waals surface area contributed by atoms with Crippen molar-refractivity contribution in [2.75, 3.05) is 32.7 Å². The second-order valence-electron chi connectivity index (χ2n) is 5.95. The molecule has 0 aliphatic carbocycles. The lowest BCUT2D eigenvalue weighted by molar-refractivity contribution is -0.131. The molecule has 4 nitrogen and oxygen atoms in total. The van der Waals surface area contributed by atoms with Crippen molar-refractivity contribution < 1.29 is 9.90 Å². The van der Waals surface area contributed by atoms with E-state index in [1.54, 1.807) is 17.4 Å². The zero-order valence-electron chi connectivity index (χ0n) is 12.8. The number of nitrogens with zero attached hydrogens (tertiary/aromatic N) is 2. The molecule has 1 N–H and O–H groups in total. The molecule has 0 bridgehead atoms. The van der Waals surface area contributed by atoms with Gasteiger partial charge in [-0.15, -0.1) is 11.3 Å². The third-order valence-corrected chi connectivity index (χ3v) is 4.58. The van der Waals surface area contributed by atoms with Crippen molar-refractivity contribution >= 4 is 23.4 Å². The minimum Gasteiger partial charge on any atom is -0.478 e. The lowest BCUT2D eigenvalue weighted by atomic mass is 10.2. The van der Waals surface area contributed by atoms with Gasteiger partial charge < -0.3 is 10.0 Å². The van der Waals surface area contributed by atoms with E-state index in [1.165, 1.54) is 17.5 Å². The molecule has 0 spiro atoms. The van der Waals surface area contributed by atoms with Crippen LogP contribution < -0.4 is 0 Å². The van der Waals surface area contributed by atoms with Gasteiger partial charge in [0, 0.05) is 55.1 Å². The Hall–Kier alpha value is -1.17. The van der Waals surface area contributed by atoms with Crippen molar-refractivity contribution in [1.29, 1.82) is 0 Å². The van der Waals surface area contributed by atoms with Crippen LogP contribution in [0.15, 0.2) is 18.2 Å². The zero-order chi connectivity index (χ0) is 15.2. The standard InChI is InChI=1S/C16H24N2O2S/c1-13(2)11-17-7-9-18(10-8-17)12-15-4-3-14(21-15)5-6-16(19)20/h3-6,13H,7-12H2,1-2H3,(H,19,20). The summed E-state index contributed by atoms with van der Waals surface area (Å²) in [6.45, 7) is 11.2. The fourth-order valence-corrected chi connectivity index (χ4v) is 3.55. The molecule has 0 radical (unpaired) electrons. The van der Waals surface area contributed by atoms with E-state index in [0.29, 0.717) is 0 Å². The molecule has 0 amide bonds. The van der Waals surface area contributed by atoms with Crippen molar-refractivity contribution in [1.82, 2.24) is 9.80 Å². The number of piperazine rings is 1. The maximum absolute atomic E-state index is 10.5. The van der Waals surface area contributed by atoms with Gasteiger partial charge in [-0.3, -0.25) is 4.90 Å². The van der Waals surface area contributed by atoms with Crippen LogP contribution in [0.5, 0.6) is 0 Å². The summed E-state index contributed by atoms with van der Waals surface area (Å²) in [6, 6.07) is 4.10. The molecule has 2 rings (SSSR count). The van der Waals surface area contributed by atoms with E-state index in [2.05, 4.69) is 29.7 Å². The van der Waals surface area contributed by atoms with Gasteiger partial charge in [-0.1, -0.05) is 13.8 Å². The molecule has 116 valence electrons. The van der Waals surface area contributed by atoms with Gasteiger partial charge in [-0.05, 0) is 24.1 Å². The first kappa shape index (κ1) is 16.2. The molecule has 1 aromatic heterocycles. The summed E-state index contributed by atoms with van der Waals surface area (Å²) >= 11 is 1.67. The number of rotatable bonds is 6. The molecule has 1 aromatic rings. The van der Waals surface area contributed by atoms with Crippen LogP contribution in [0.1, 0.15) is 23.6 Å². The van der Waals surface area contributed by atoms with Crippen LogP contribution in [-0.2, 0) is 11.3 Å². The Bertz CT molecular complexity index is 488.